The van der Waals surface area contributed by atoms with Gasteiger partial charge in [-0.2, -0.15) is 0 Å². The maximum absolute atomic E-state index is 11.5. The van der Waals surface area contributed by atoms with Crippen LogP contribution >= 0.6 is 15.9 Å². The topological polar surface area (TPSA) is 96.0 Å². The van der Waals surface area contributed by atoms with Crippen molar-refractivity contribution in [3.8, 4) is 0 Å². The van der Waals surface area contributed by atoms with Crippen LogP contribution in [0.2, 0.25) is 0 Å². The van der Waals surface area contributed by atoms with Crippen LogP contribution in [0.4, 0.5) is 5.69 Å². The van der Waals surface area contributed by atoms with Gasteiger partial charge in [0, 0.05) is 40.8 Å². The van der Waals surface area contributed by atoms with E-state index < -0.39 is 10.9 Å². The Kier molecular flexibility index (Phi) is 8.92. The van der Waals surface area contributed by atoms with E-state index >= 15 is 0 Å². The van der Waals surface area contributed by atoms with Crippen LogP contribution in [-0.4, -0.2) is 39.8 Å². The molecule has 1 N–H and O–H groups in total. The standard InChI is InChI=1S/C27H26BrN3O4/c1-19-11-12-24(31(34)35)18-25(19)27(29-20(2)22-9-6-10-23(28)17-22)30(16-14-26(32)33)15-13-21-7-4-3-5-8-21/h3-12,17-18H,2,13-16H2,1H3,(H,32,33). The highest BCUT2D eigenvalue weighted by molar-refractivity contribution is 9.10. The Morgan fingerprint density at radius 2 is 1.83 bits per heavy atom. The highest BCUT2D eigenvalue weighted by Crippen LogP contribution is 2.24. The van der Waals surface area contributed by atoms with E-state index in [1.807, 2.05) is 66.4 Å². The largest absolute Gasteiger partial charge is 0.481 e. The molecule has 3 aromatic rings. The third kappa shape index (κ3) is 7.35. The summed E-state index contributed by atoms with van der Waals surface area (Å²) in [5.41, 5.74) is 3.63. The maximum Gasteiger partial charge on any atom is 0.305 e. The number of amidine groups is 1. The minimum atomic E-state index is -0.935. The molecule has 0 saturated heterocycles. The van der Waals surface area contributed by atoms with E-state index in [0.717, 1.165) is 21.2 Å². The van der Waals surface area contributed by atoms with Gasteiger partial charge in [-0.1, -0.05) is 71.0 Å². The predicted octanol–water partition coefficient (Wildman–Crippen LogP) is 6.10. The Bertz CT molecular complexity index is 1260. The molecule has 180 valence electrons. The van der Waals surface area contributed by atoms with Crippen molar-refractivity contribution in [3.63, 3.8) is 0 Å². The number of non-ortho nitro benzene ring substituents is 1. The van der Waals surface area contributed by atoms with Crippen LogP contribution in [0.15, 0.2) is 88.8 Å². The molecule has 7 nitrogen and oxygen atoms in total. The van der Waals surface area contributed by atoms with Gasteiger partial charge in [-0.25, -0.2) is 4.99 Å². The Morgan fingerprint density at radius 3 is 2.49 bits per heavy atom. The first-order valence-electron chi connectivity index (χ1n) is 11.0. The van der Waals surface area contributed by atoms with Crippen LogP contribution in [0.5, 0.6) is 0 Å². The van der Waals surface area contributed by atoms with Gasteiger partial charge >= 0.3 is 5.97 Å². The normalized spacial score (nSPS) is 11.2. The minimum absolute atomic E-state index is 0.0624. The van der Waals surface area contributed by atoms with Crippen LogP contribution in [0, 0.1) is 17.0 Å². The number of nitro groups is 1. The van der Waals surface area contributed by atoms with E-state index in [1.54, 1.807) is 6.07 Å². The van der Waals surface area contributed by atoms with Crippen molar-refractivity contribution in [3.05, 3.63) is 116 Å². The number of nitrogens with zero attached hydrogens (tertiary/aromatic N) is 3. The van der Waals surface area contributed by atoms with Gasteiger partial charge in [-0.15, -0.1) is 0 Å². The quantitative estimate of drug-likeness (QED) is 0.146. The summed E-state index contributed by atoms with van der Waals surface area (Å²) < 4.78 is 0.867. The highest BCUT2D eigenvalue weighted by atomic mass is 79.9. The molecule has 0 heterocycles. The number of carboxylic acid groups (broad SMARTS) is 1. The van der Waals surface area contributed by atoms with E-state index in [1.165, 1.54) is 12.1 Å². The van der Waals surface area contributed by atoms with Gasteiger partial charge in [0.1, 0.15) is 5.84 Å². The fourth-order valence-corrected chi connectivity index (χ4v) is 3.99. The molecular formula is C27H26BrN3O4. The second-order valence-corrected chi connectivity index (χ2v) is 8.93. The van der Waals surface area contributed by atoms with Crippen molar-refractivity contribution in [2.24, 2.45) is 4.99 Å². The number of hydrogen-bond donors (Lipinski definition) is 1. The fraction of sp³-hybridized carbons (Fsp3) is 0.185. The Balaban J connectivity index is 2.10. The third-order valence-corrected chi connectivity index (χ3v) is 5.97. The summed E-state index contributed by atoms with van der Waals surface area (Å²) in [7, 11) is 0. The lowest BCUT2D eigenvalue weighted by Gasteiger charge is -2.27. The zero-order valence-corrected chi connectivity index (χ0v) is 20.9. The average molecular weight is 536 g/mol. The minimum Gasteiger partial charge on any atom is -0.481 e. The van der Waals surface area contributed by atoms with E-state index in [0.29, 0.717) is 30.1 Å². The first-order chi connectivity index (χ1) is 16.7. The monoisotopic (exact) mass is 535 g/mol. The lowest BCUT2D eigenvalue weighted by atomic mass is 10.0. The van der Waals surface area contributed by atoms with Gasteiger partial charge in [0.2, 0.25) is 0 Å². The molecule has 35 heavy (non-hydrogen) atoms. The summed E-state index contributed by atoms with van der Waals surface area (Å²) in [6.07, 6.45) is 0.544. The van der Waals surface area contributed by atoms with E-state index in [4.69, 9.17) is 4.99 Å². The summed E-state index contributed by atoms with van der Waals surface area (Å²) >= 11 is 3.46. The summed E-state index contributed by atoms with van der Waals surface area (Å²) in [5, 5.41) is 20.9. The number of benzene rings is 3. The van der Waals surface area contributed by atoms with Gasteiger partial charge in [0.15, 0.2) is 0 Å². The number of aliphatic carboxylic acids is 1. The Hall–Kier alpha value is -3.78. The molecule has 0 atom stereocenters. The Morgan fingerprint density at radius 1 is 1.09 bits per heavy atom. The van der Waals surface area contributed by atoms with Crippen LogP contribution < -0.4 is 0 Å². The molecule has 0 spiro atoms. The van der Waals surface area contributed by atoms with Gasteiger partial charge in [-0.05, 0) is 36.6 Å². The number of aliphatic imine (C=N–C) groups is 1. The molecule has 0 radical (unpaired) electrons. The number of hydrogen-bond acceptors (Lipinski definition) is 4. The number of carboxylic acids is 1. The second kappa shape index (κ2) is 12.1. The van der Waals surface area contributed by atoms with Crippen molar-refractivity contribution in [2.75, 3.05) is 13.1 Å². The molecule has 0 saturated carbocycles. The summed E-state index contributed by atoms with van der Waals surface area (Å²) in [4.78, 5) is 29.2. The predicted molar refractivity (Wildman–Crippen MR) is 142 cm³/mol. The van der Waals surface area contributed by atoms with Crippen molar-refractivity contribution < 1.29 is 14.8 Å². The van der Waals surface area contributed by atoms with Crippen LogP contribution in [0.3, 0.4) is 0 Å². The number of halogens is 1. The van der Waals surface area contributed by atoms with Gasteiger partial charge in [0.05, 0.1) is 17.0 Å². The number of carbonyl (C=O) groups is 1. The summed E-state index contributed by atoms with van der Waals surface area (Å²) in [6.45, 7) is 6.65. The molecule has 0 aliphatic carbocycles. The van der Waals surface area contributed by atoms with E-state index in [9.17, 15) is 20.0 Å². The van der Waals surface area contributed by atoms with Gasteiger partial charge < -0.3 is 10.0 Å². The van der Waals surface area contributed by atoms with Crippen LogP contribution in [-0.2, 0) is 11.2 Å². The SMILES string of the molecule is C=C(N=C(c1cc([N+](=O)[O-])ccc1C)N(CCC(=O)O)CCc1ccccc1)c1cccc(Br)c1. The summed E-state index contributed by atoms with van der Waals surface area (Å²) in [6, 6.07) is 22.0. The molecule has 3 aromatic carbocycles. The molecule has 0 fully saturated rings. The van der Waals surface area contributed by atoms with Crippen molar-refractivity contribution >= 4 is 39.1 Å². The molecule has 0 aliphatic heterocycles. The number of aryl methyl sites for hydroxylation is 1. The van der Waals surface area contributed by atoms with E-state index in [-0.39, 0.29) is 18.7 Å². The first kappa shape index (κ1) is 25.8. The van der Waals surface area contributed by atoms with Crippen molar-refractivity contribution in [1.29, 1.82) is 0 Å². The zero-order chi connectivity index (χ0) is 25.4. The van der Waals surface area contributed by atoms with Crippen LogP contribution in [0.1, 0.15) is 28.7 Å². The molecule has 8 heteroatoms. The molecular weight excluding hydrogens is 510 g/mol. The van der Waals surface area contributed by atoms with Crippen molar-refractivity contribution in [2.45, 2.75) is 19.8 Å². The van der Waals surface area contributed by atoms with Crippen LogP contribution in [0.25, 0.3) is 5.70 Å². The molecule has 0 unspecified atom stereocenters. The lowest BCUT2D eigenvalue weighted by molar-refractivity contribution is -0.384. The van der Waals surface area contributed by atoms with Crippen molar-refractivity contribution in [1.82, 2.24) is 4.90 Å². The smallest absolute Gasteiger partial charge is 0.305 e. The van der Waals surface area contributed by atoms with E-state index in [2.05, 4.69) is 22.5 Å². The first-order valence-corrected chi connectivity index (χ1v) is 11.8. The second-order valence-electron chi connectivity index (χ2n) is 8.02. The molecule has 0 amide bonds. The maximum atomic E-state index is 11.5. The van der Waals surface area contributed by atoms with Gasteiger partial charge in [-0.3, -0.25) is 14.9 Å². The third-order valence-electron chi connectivity index (χ3n) is 5.48. The molecule has 0 bridgehead atoms. The van der Waals surface area contributed by atoms with Gasteiger partial charge in [0.25, 0.3) is 5.69 Å². The average Bonchev–Trinajstić information content (AvgIpc) is 2.83. The highest BCUT2D eigenvalue weighted by Gasteiger charge is 2.20. The Labute approximate surface area is 212 Å². The number of nitro benzene ring substituents is 1. The molecule has 3 rings (SSSR count). The fourth-order valence-electron chi connectivity index (χ4n) is 3.59. The molecule has 0 aromatic heterocycles. The zero-order valence-electron chi connectivity index (χ0n) is 19.4. The number of rotatable bonds is 10. The molecule has 0 aliphatic rings. The lowest BCUT2D eigenvalue weighted by Crippen LogP contribution is -2.36. The summed E-state index contributed by atoms with van der Waals surface area (Å²) in [5.74, 6) is -0.482.